The van der Waals surface area contributed by atoms with Gasteiger partial charge in [-0.15, -0.1) is 12.4 Å². The number of halogens is 1. The largest absolute Gasteiger partial charge is 0.370 e. The van der Waals surface area contributed by atoms with Crippen LogP contribution in [0.5, 0.6) is 0 Å². The highest BCUT2D eigenvalue weighted by molar-refractivity contribution is 5.85. The van der Waals surface area contributed by atoms with Crippen molar-refractivity contribution in [1.82, 2.24) is 4.90 Å². The van der Waals surface area contributed by atoms with Crippen molar-refractivity contribution in [2.45, 2.75) is 25.7 Å². The Balaban J connectivity index is 0.000000722. The van der Waals surface area contributed by atoms with E-state index in [9.17, 15) is 0 Å². The van der Waals surface area contributed by atoms with Gasteiger partial charge in [-0.05, 0) is 48.3 Å². The zero-order chi connectivity index (χ0) is 9.55. The maximum Gasteiger partial charge on any atom is 0.188 e. The molecule has 5 aliphatic rings. The van der Waals surface area contributed by atoms with Crippen LogP contribution in [0.4, 0.5) is 0 Å². The van der Waals surface area contributed by atoms with Crippen LogP contribution in [0.1, 0.15) is 25.7 Å². The molecule has 0 amide bonds. The molecule has 0 radical (unpaired) electrons. The SMILES string of the molecule is Cl.N=C(N)N1CC23CC4CC2(CC4C3)C1. The van der Waals surface area contributed by atoms with Crippen molar-refractivity contribution in [2.24, 2.45) is 28.4 Å². The summed E-state index contributed by atoms with van der Waals surface area (Å²) >= 11 is 0. The maximum atomic E-state index is 7.55. The van der Waals surface area contributed by atoms with Gasteiger partial charge in [0, 0.05) is 13.1 Å². The molecular formula is C11H18ClN3. The number of hydrogen-bond acceptors (Lipinski definition) is 1. The highest BCUT2D eigenvalue weighted by atomic mass is 35.5. The van der Waals surface area contributed by atoms with Crippen molar-refractivity contribution in [3.05, 3.63) is 0 Å². The Morgan fingerprint density at radius 1 is 1.07 bits per heavy atom. The number of nitrogens with two attached hydrogens (primary N) is 1. The molecule has 4 bridgehead atoms. The number of likely N-dealkylation sites (tertiary alicyclic amines) is 1. The van der Waals surface area contributed by atoms with E-state index in [-0.39, 0.29) is 12.4 Å². The van der Waals surface area contributed by atoms with Crippen LogP contribution in [-0.2, 0) is 0 Å². The Morgan fingerprint density at radius 3 is 1.80 bits per heavy atom. The fraction of sp³-hybridized carbons (Fsp3) is 0.909. The first-order valence-electron chi connectivity index (χ1n) is 5.73. The van der Waals surface area contributed by atoms with E-state index in [0.717, 1.165) is 24.9 Å². The van der Waals surface area contributed by atoms with Crippen molar-refractivity contribution < 1.29 is 0 Å². The molecule has 5 rings (SSSR count). The first-order chi connectivity index (χ1) is 6.64. The summed E-state index contributed by atoms with van der Waals surface area (Å²) in [6.07, 6.45) is 5.78. The van der Waals surface area contributed by atoms with Crippen molar-refractivity contribution in [3.63, 3.8) is 0 Å². The third kappa shape index (κ3) is 0.836. The van der Waals surface area contributed by atoms with Gasteiger partial charge in [-0.2, -0.15) is 0 Å². The van der Waals surface area contributed by atoms with Crippen molar-refractivity contribution in [1.29, 1.82) is 5.41 Å². The molecule has 0 aromatic carbocycles. The van der Waals surface area contributed by atoms with Crippen LogP contribution < -0.4 is 5.73 Å². The summed E-state index contributed by atoms with van der Waals surface area (Å²) in [6, 6.07) is 0. The topological polar surface area (TPSA) is 53.1 Å². The summed E-state index contributed by atoms with van der Waals surface area (Å²) in [5.74, 6) is 2.39. The van der Waals surface area contributed by atoms with E-state index in [0.29, 0.717) is 16.8 Å². The van der Waals surface area contributed by atoms with Gasteiger partial charge in [-0.1, -0.05) is 0 Å². The van der Waals surface area contributed by atoms with Crippen LogP contribution in [-0.4, -0.2) is 23.9 Å². The Kier molecular flexibility index (Phi) is 1.59. The average Bonchev–Trinajstić information content (AvgIpc) is 2.69. The van der Waals surface area contributed by atoms with E-state index >= 15 is 0 Å². The molecule has 5 fully saturated rings. The minimum absolute atomic E-state index is 0. The summed E-state index contributed by atoms with van der Waals surface area (Å²) in [6.45, 7) is 2.19. The minimum Gasteiger partial charge on any atom is -0.370 e. The summed E-state index contributed by atoms with van der Waals surface area (Å²) in [7, 11) is 0. The third-order valence-electron chi connectivity index (χ3n) is 5.73. The lowest BCUT2D eigenvalue weighted by atomic mass is 9.71. The van der Waals surface area contributed by atoms with Gasteiger partial charge in [0.25, 0.3) is 0 Å². The standard InChI is InChI=1S/C11H17N3.ClH/c12-9(13)14-5-10-1-7-2-11(10,6-14)4-8(7)3-10;/h7-8H,1-6H2,(H3,12,13);1H. The molecule has 4 aliphatic carbocycles. The number of hydrogen-bond donors (Lipinski definition) is 2. The fourth-order valence-corrected chi connectivity index (χ4v) is 5.40. The molecule has 3 nitrogen and oxygen atoms in total. The molecule has 4 saturated carbocycles. The van der Waals surface area contributed by atoms with Gasteiger partial charge in [-0.3, -0.25) is 5.41 Å². The third-order valence-corrected chi connectivity index (χ3v) is 5.73. The highest BCUT2D eigenvalue weighted by Gasteiger charge is 2.74. The second kappa shape index (κ2) is 2.45. The van der Waals surface area contributed by atoms with Gasteiger partial charge in [0.05, 0.1) is 0 Å². The van der Waals surface area contributed by atoms with Gasteiger partial charge < -0.3 is 10.6 Å². The van der Waals surface area contributed by atoms with Gasteiger partial charge in [0.1, 0.15) is 0 Å². The lowest BCUT2D eigenvalue weighted by molar-refractivity contribution is 0.184. The molecule has 3 N–H and O–H groups in total. The number of nitrogens with one attached hydrogen (secondary N) is 1. The maximum absolute atomic E-state index is 7.55. The molecule has 0 unspecified atom stereocenters. The molecular weight excluding hydrogens is 210 g/mol. The van der Waals surface area contributed by atoms with E-state index < -0.39 is 0 Å². The van der Waals surface area contributed by atoms with Crippen LogP contribution in [0.25, 0.3) is 0 Å². The van der Waals surface area contributed by atoms with Gasteiger partial charge in [-0.25, -0.2) is 0 Å². The first-order valence-corrected chi connectivity index (χ1v) is 5.73. The van der Waals surface area contributed by atoms with E-state index in [2.05, 4.69) is 4.90 Å². The zero-order valence-corrected chi connectivity index (χ0v) is 9.65. The lowest BCUT2D eigenvalue weighted by Crippen LogP contribution is -2.36. The van der Waals surface area contributed by atoms with Crippen LogP contribution in [0.2, 0.25) is 0 Å². The number of rotatable bonds is 0. The summed E-state index contributed by atoms with van der Waals surface area (Å²) in [5.41, 5.74) is 6.80. The molecule has 1 aliphatic heterocycles. The predicted octanol–water partition coefficient (Wildman–Crippen LogP) is 1.42. The van der Waals surface area contributed by atoms with Crippen LogP contribution in [0.3, 0.4) is 0 Å². The molecule has 0 aromatic rings. The lowest BCUT2D eigenvalue weighted by Gasteiger charge is -2.31. The second-order valence-corrected chi connectivity index (χ2v) is 6.14. The van der Waals surface area contributed by atoms with Crippen molar-refractivity contribution in [2.75, 3.05) is 13.1 Å². The zero-order valence-electron chi connectivity index (χ0n) is 8.83. The number of guanidine groups is 1. The van der Waals surface area contributed by atoms with Gasteiger partial charge >= 0.3 is 0 Å². The molecule has 1 saturated heterocycles. The van der Waals surface area contributed by atoms with Crippen LogP contribution >= 0.6 is 12.4 Å². The molecule has 2 spiro atoms. The van der Waals surface area contributed by atoms with E-state index in [1.165, 1.54) is 25.7 Å². The highest BCUT2D eigenvalue weighted by Crippen LogP contribution is 2.78. The van der Waals surface area contributed by atoms with Gasteiger partial charge in [0.15, 0.2) is 5.96 Å². The van der Waals surface area contributed by atoms with Gasteiger partial charge in [0.2, 0.25) is 0 Å². The van der Waals surface area contributed by atoms with Crippen molar-refractivity contribution >= 4 is 18.4 Å². The second-order valence-electron chi connectivity index (χ2n) is 6.14. The normalized spacial score (nSPS) is 53.5. The summed E-state index contributed by atoms with van der Waals surface area (Å²) < 4.78 is 0. The summed E-state index contributed by atoms with van der Waals surface area (Å²) in [4.78, 5) is 2.12. The van der Waals surface area contributed by atoms with Crippen LogP contribution in [0, 0.1) is 28.1 Å². The number of nitrogens with zero attached hydrogens (tertiary/aromatic N) is 1. The van der Waals surface area contributed by atoms with E-state index in [1.54, 1.807) is 0 Å². The van der Waals surface area contributed by atoms with Crippen molar-refractivity contribution in [3.8, 4) is 0 Å². The Labute approximate surface area is 96.3 Å². The Morgan fingerprint density at radius 2 is 1.47 bits per heavy atom. The Hall–Kier alpha value is -0.440. The molecule has 1 heterocycles. The fourth-order valence-electron chi connectivity index (χ4n) is 5.40. The molecule has 15 heavy (non-hydrogen) atoms. The van der Waals surface area contributed by atoms with Crippen LogP contribution in [0.15, 0.2) is 0 Å². The molecule has 4 heteroatoms. The molecule has 0 atom stereocenters. The average molecular weight is 228 g/mol. The monoisotopic (exact) mass is 227 g/mol. The van der Waals surface area contributed by atoms with E-state index in [1.807, 2.05) is 0 Å². The summed E-state index contributed by atoms with van der Waals surface area (Å²) in [5, 5.41) is 7.55. The minimum atomic E-state index is 0. The van der Waals surface area contributed by atoms with E-state index in [4.69, 9.17) is 11.1 Å². The predicted molar refractivity (Wildman–Crippen MR) is 61.0 cm³/mol. The quantitative estimate of drug-likeness (QED) is 0.486. The first kappa shape index (κ1) is 9.76. The smallest absolute Gasteiger partial charge is 0.188 e. The molecule has 0 aromatic heterocycles. The Bertz CT molecular complexity index is 303. The molecule has 84 valence electrons.